The topological polar surface area (TPSA) is 66.5 Å². The highest BCUT2D eigenvalue weighted by Gasteiger charge is 2.66. The van der Waals surface area contributed by atoms with Crippen LogP contribution >= 0.6 is 27.5 Å². The molecule has 0 aromatic heterocycles. The molecule has 4 aliphatic carbocycles. The second-order valence-electron chi connectivity index (χ2n) is 8.31. The van der Waals surface area contributed by atoms with Crippen LogP contribution in [0.3, 0.4) is 0 Å². The minimum absolute atomic E-state index is 0.0830. The first-order valence-corrected chi connectivity index (χ1v) is 10.8. The van der Waals surface area contributed by atoms with Crippen LogP contribution in [0.1, 0.15) is 18.4 Å². The number of benzene rings is 1. The van der Waals surface area contributed by atoms with Crippen LogP contribution in [0.5, 0.6) is 0 Å². The number of likely N-dealkylation sites (tertiary alicyclic amines) is 1. The first-order chi connectivity index (χ1) is 13.4. The smallest absolute Gasteiger partial charge is 0.233 e. The molecule has 5 aliphatic rings. The third-order valence-electron chi connectivity index (χ3n) is 6.93. The number of amides is 3. The SMILES string of the molecule is Cc1c(NC(=O)CCN2C(=O)C3C4C=CC(C5CC45)C3C2=O)ccc(Br)c1Cl. The lowest BCUT2D eigenvalue weighted by molar-refractivity contribution is -0.140. The van der Waals surface area contributed by atoms with Crippen LogP contribution in [0.2, 0.25) is 5.02 Å². The summed E-state index contributed by atoms with van der Waals surface area (Å²) in [6, 6.07) is 3.55. The molecule has 0 spiro atoms. The fourth-order valence-electron chi connectivity index (χ4n) is 5.45. The summed E-state index contributed by atoms with van der Waals surface area (Å²) in [7, 11) is 0. The third kappa shape index (κ3) is 2.61. The molecule has 6 unspecified atom stereocenters. The average molecular weight is 464 g/mol. The number of carbonyl (C=O) groups is 3. The molecule has 1 aliphatic heterocycles. The summed E-state index contributed by atoms with van der Waals surface area (Å²) in [6.07, 6.45) is 5.54. The lowest BCUT2D eigenvalue weighted by Gasteiger charge is -2.37. The Morgan fingerprint density at radius 2 is 1.79 bits per heavy atom. The molecule has 146 valence electrons. The van der Waals surface area contributed by atoms with Crippen molar-refractivity contribution in [3.05, 3.63) is 39.3 Å². The van der Waals surface area contributed by atoms with Crippen molar-refractivity contribution in [2.45, 2.75) is 19.8 Å². The molecule has 1 aromatic carbocycles. The molecule has 1 aromatic rings. The average Bonchev–Trinajstić information content (AvgIpc) is 3.46. The molecule has 7 heteroatoms. The Morgan fingerprint density at radius 1 is 1.18 bits per heavy atom. The summed E-state index contributed by atoms with van der Waals surface area (Å²) < 4.78 is 0.766. The summed E-state index contributed by atoms with van der Waals surface area (Å²) in [5, 5.41) is 3.38. The number of hydrogen-bond acceptors (Lipinski definition) is 3. The van der Waals surface area contributed by atoms with Crippen molar-refractivity contribution < 1.29 is 14.4 Å². The molecule has 6 rings (SSSR count). The van der Waals surface area contributed by atoms with Gasteiger partial charge in [-0.15, -0.1) is 0 Å². The van der Waals surface area contributed by atoms with Gasteiger partial charge >= 0.3 is 0 Å². The largest absolute Gasteiger partial charge is 0.326 e. The standard InChI is InChI=1S/C21H20BrClN2O3/c1-9-15(5-4-14(22)19(9)23)24-16(26)6-7-25-20(27)17-10-2-3-11(13-8-12(10)13)18(17)21(25)28/h2-5,10-13,17-18H,6-8H2,1H3,(H,24,26). The zero-order valence-corrected chi connectivity index (χ0v) is 17.7. The minimum Gasteiger partial charge on any atom is -0.326 e. The number of halogens is 2. The Labute approximate surface area is 176 Å². The lowest BCUT2D eigenvalue weighted by atomic mass is 9.63. The van der Waals surface area contributed by atoms with Crippen LogP contribution in [0.25, 0.3) is 0 Å². The number of nitrogens with one attached hydrogen (secondary N) is 1. The van der Waals surface area contributed by atoms with Crippen LogP contribution in [0.4, 0.5) is 5.69 Å². The van der Waals surface area contributed by atoms with Crippen molar-refractivity contribution in [1.82, 2.24) is 4.90 Å². The summed E-state index contributed by atoms with van der Waals surface area (Å²) in [4.78, 5) is 39.6. The van der Waals surface area contributed by atoms with Gasteiger partial charge in [0.05, 0.1) is 16.9 Å². The van der Waals surface area contributed by atoms with Crippen LogP contribution in [0.15, 0.2) is 28.8 Å². The summed E-state index contributed by atoms with van der Waals surface area (Å²) in [6.45, 7) is 1.96. The van der Waals surface area contributed by atoms with Gasteiger partial charge in [0.15, 0.2) is 0 Å². The van der Waals surface area contributed by atoms with Crippen LogP contribution in [-0.2, 0) is 14.4 Å². The van der Waals surface area contributed by atoms with Crippen molar-refractivity contribution in [2.24, 2.45) is 35.5 Å². The fraction of sp³-hybridized carbons (Fsp3) is 0.476. The van der Waals surface area contributed by atoms with Crippen LogP contribution in [-0.4, -0.2) is 29.2 Å². The van der Waals surface area contributed by atoms with E-state index in [1.165, 1.54) is 4.90 Å². The van der Waals surface area contributed by atoms with Gasteiger partial charge in [0.2, 0.25) is 17.7 Å². The Balaban J connectivity index is 1.25. The Morgan fingerprint density at radius 3 is 2.39 bits per heavy atom. The van der Waals surface area contributed by atoms with E-state index in [2.05, 4.69) is 33.4 Å². The molecule has 2 bridgehead atoms. The van der Waals surface area contributed by atoms with E-state index >= 15 is 0 Å². The molecular formula is C21H20BrClN2O3. The molecule has 28 heavy (non-hydrogen) atoms. The van der Waals surface area contributed by atoms with Crippen molar-refractivity contribution in [3.63, 3.8) is 0 Å². The Hall–Kier alpha value is -1.66. The van der Waals surface area contributed by atoms with Gasteiger partial charge in [-0.25, -0.2) is 0 Å². The van der Waals surface area contributed by atoms with Gasteiger partial charge in [-0.05, 0) is 70.6 Å². The number of carbonyl (C=O) groups excluding carboxylic acids is 3. The van der Waals surface area contributed by atoms with E-state index in [1.807, 2.05) is 6.92 Å². The minimum atomic E-state index is -0.235. The van der Waals surface area contributed by atoms with Crippen molar-refractivity contribution >= 4 is 50.9 Å². The maximum Gasteiger partial charge on any atom is 0.233 e. The normalized spacial score (nSPS) is 34.5. The van der Waals surface area contributed by atoms with Gasteiger partial charge in [-0.1, -0.05) is 23.8 Å². The van der Waals surface area contributed by atoms with Crippen molar-refractivity contribution in [1.29, 1.82) is 0 Å². The van der Waals surface area contributed by atoms with Gasteiger partial charge in [-0.2, -0.15) is 0 Å². The van der Waals surface area contributed by atoms with E-state index in [1.54, 1.807) is 12.1 Å². The van der Waals surface area contributed by atoms with Gasteiger partial charge in [0.1, 0.15) is 0 Å². The number of allylic oxidation sites excluding steroid dienone is 2. The highest BCUT2D eigenvalue weighted by atomic mass is 79.9. The number of imide groups is 1. The highest BCUT2D eigenvalue weighted by molar-refractivity contribution is 9.10. The van der Waals surface area contributed by atoms with Gasteiger partial charge < -0.3 is 5.32 Å². The molecule has 1 N–H and O–H groups in total. The molecule has 0 radical (unpaired) electrons. The molecule has 3 amide bonds. The fourth-order valence-corrected chi connectivity index (χ4v) is 6.05. The molecule has 1 heterocycles. The van der Waals surface area contributed by atoms with E-state index in [0.29, 0.717) is 22.5 Å². The maximum atomic E-state index is 12.9. The third-order valence-corrected chi connectivity index (χ3v) is 8.31. The summed E-state index contributed by atoms with van der Waals surface area (Å²) in [5.41, 5.74) is 1.40. The maximum absolute atomic E-state index is 12.9. The number of rotatable bonds is 4. The number of nitrogens with zero attached hydrogens (tertiary/aromatic N) is 1. The predicted molar refractivity (Wildman–Crippen MR) is 109 cm³/mol. The summed E-state index contributed by atoms with van der Waals surface area (Å²) in [5.74, 6) is 0.767. The molecule has 6 atom stereocenters. The molecule has 5 nitrogen and oxygen atoms in total. The zero-order chi connectivity index (χ0) is 19.7. The molecule has 3 fully saturated rings. The molecule has 1 saturated heterocycles. The van der Waals surface area contributed by atoms with E-state index in [4.69, 9.17) is 11.6 Å². The Bertz CT molecular complexity index is 910. The van der Waals surface area contributed by atoms with Gasteiger partial charge in [-0.3, -0.25) is 19.3 Å². The predicted octanol–water partition coefficient (Wildman–Crippen LogP) is 3.79. The number of anilines is 1. The lowest BCUT2D eigenvalue weighted by Crippen LogP contribution is -2.40. The molecular weight excluding hydrogens is 444 g/mol. The zero-order valence-electron chi connectivity index (χ0n) is 15.3. The van der Waals surface area contributed by atoms with Crippen molar-refractivity contribution in [2.75, 3.05) is 11.9 Å². The second-order valence-corrected chi connectivity index (χ2v) is 9.55. The molecule has 2 saturated carbocycles. The summed E-state index contributed by atoms with van der Waals surface area (Å²) >= 11 is 9.56. The quantitative estimate of drug-likeness (QED) is 0.546. The van der Waals surface area contributed by atoms with Gasteiger partial charge in [0, 0.05) is 23.1 Å². The van der Waals surface area contributed by atoms with E-state index < -0.39 is 0 Å². The Kier molecular flexibility index (Phi) is 4.22. The second kappa shape index (κ2) is 6.42. The van der Waals surface area contributed by atoms with Crippen molar-refractivity contribution in [3.8, 4) is 0 Å². The van der Waals surface area contributed by atoms with E-state index in [-0.39, 0.29) is 54.4 Å². The number of hydrogen-bond donors (Lipinski definition) is 1. The van der Waals surface area contributed by atoms with E-state index in [9.17, 15) is 14.4 Å². The van der Waals surface area contributed by atoms with Gasteiger partial charge in [0.25, 0.3) is 0 Å². The van der Waals surface area contributed by atoms with Crippen LogP contribution in [0, 0.1) is 42.4 Å². The monoisotopic (exact) mass is 462 g/mol. The first-order valence-electron chi connectivity index (χ1n) is 9.66. The van der Waals surface area contributed by atoms with Crippen LogP contribution < -0.4 is 5.32 Å². The van der Waals surface area contributed by atoms with E-state index in [0.717, 1.165) is 16.5 Å². The first kappa shape index (κ1) is 18.4. The highest BCUT2D eigenvalue weighted by Crippen LogP contribution is 2.65.